The smallest absolute Gasteiger partial charge is 0.173 e. The highest BCUT2D eigenvalue weighted by atomic mass is 79.9. The van der Waals surface area contributed by atoms with Gasteiger partial charge in [0, 0.05) is 4.47 Å². The van der Waals surface area contributed by atoms with Crippen LogP contribution in [0.4, 0.5) is 4.39 Å². The quantitative estimate of drug-likeness (QED) is 0.642. The summed E-state index contributed by atoms with van der Waals surface area (Å²) in [6.45, 7) is 4.08. The zero-order chi connectivity index (χ0) is 15.4. The summed E-state index contributed by atoms with van der Waals surface area (Å²) in [7, 11) is 0. The fourth-order valence-corrected chi connectivity index (χ4v) is 2.85. The minimum Gasteiger partial charge on any atom is -0.293 e. The van der Waals surface area contributed by atoms with E-state index in [0.717, 1.165) is 12.0 Å². The van der Waals surface area contributed by atoms with Crippen LogP contribution in [0, 0.1) is 11.7 Å². The van der Waals surface area contributed by atoms with Crippen LogP contribution >= 0.6 is 15.9 Å². The average molecular weight is 349 g/mol. The number of Topliss-reactive ketones (excluding diaryl/α,β-unsaturated/α-hetero) is 1. The number of benzene rings is 2. The fraction of sp³-hybridized carbons (Fsp3) is 0.278. The first-order chi connectivity index (χ1) is 10.0. The SMILES string of the molecule is CCC(C)C(C(=O)c1cc(Br)ccc1F)c1ccccc1. The van der Waals surface area contributed by atoms with Gasteiger partial charge in [-0.2, -0.15) is 0 Å². The summed E-state index contributed by atoms with van der Waals surface area (Å²) in [5.74, 6) is -0.792. The molecule has 110 valence electrons. The van der Waals surface area contributed by atoms with Gasteiger partial charge in [0.05, 0.1) is 11.5 Å². The molecule has 2 aromatic rings. The normalized spacial score (nSPS) is 13.7. The summed E-state index contributed by atoms with van der Waals surface area (Å²) < 4.78 is 14.7. The van der Waals surface area contributed by atoms with Crippen LogP contribution < -0.4 is 0 Å². The summed E-state index contributed by atoms with van der Waals surface area (Å²) in [6, 6.07) is 14.1. The molecule has 2 atom stereocenters. The Hall–Kier alpha value is -1.48. The third kappa shape index (κ3) is 3.59. The monoisotopic (exact) mass is 348 g/mol. The minimum absolute atomic E-state index is 0.151. The first-order valence-corrected chi connectivity index (χ1v) is 7.88. The predicted octanol–water partition coefficient (Wildman–Crippen LogP) is 5.60. The Morgan fingerprint density at radius 2 is 1.86 bits per heavy atom. The number of carbonyl (C=O) groups is 1. The molecule has 2 aromatic carbocycles. The summed E-state index contributed by atoms with van der Waals surface area (Å²) >= 11 is 3.31. The van der Waals surface area contributed by atoms with Crippen molar-refractivity contribution in [3.05, 3.63) is 69.9 Å². The van der Waals surface area contributed by atoms with Crippen LogP contribution in [0.3, 0.4) is 0 Å². The summed E-state index contributed by atoms with van der Waals surface area (Å²) in [6.07, 6.45) is 0.862. The molecular weight excluding hydrogens is 331 g/mol. The lowest BCUT2D eigenvalue weighted by Crippen LogP contribution is -2.21. The minimum atomic E-state index is -0.465. The lowest BCUT2D eigenvalue weighted by Gasteiger charge is -2.22. The van der Waals surface area contributed by atoms with E-state index in [-0.39, 0.29) is 23.2 Å². The van der Waals surface area contributed by atoms with Crippen molar-refractivity contribution in [1.29, 1.82) is 0 Å². The second-order valence-corrected chi connectivity index (χ2v) is 6.18. The van der Waals surface area contributed by atoms with Crippen LogP contribution in [0.2, 0.25) is 0 Å². The van der Waals surface area contributed by atoms with E-state index < -0.39 is 5.82 Å². The molecule has 0 saturated carbocycles. The molecule has 0 aliphatic rings. The molecule has 0 amide bonds. The number of hydrogen-bond acceptors (Lipinski definition) is 1. The molecule has 0 N–H and O–H groups in total. The first-order valence-electron chi connectivity index (χ1n) is 7.08. The fourth-order valence-electron chi connectivity index (χ4n) is 2.49. The van der Waals surface area contributed by atoms with E-state index in [0.29, 0.717) is 4.47 Å². The summed E-state index contributed by atoms with van der Waals surface area (Å²) in [4.78, 5) is 12.9. The van der Waals surface area contributed by atoms with Crippen molar-refractivity contribution in [3.63, 3.8) is 0 Å². The van der Waals surface area contributed by atoms with Crippen molar-refractivity contribution in [2.24, 2.45) is 5.92 Å². The van der Waals surface area contributed by atoms with Crippen LogP contribution in [0.15, 0.2) is 53.0 Å². The zero-order valence-electron chi connectivity index (χ0n) is 12.1. The number of rotatable bonds is 5. The van der Waals surface area contributed by atoms with E-state index >= 15 is 0 Å². The molecule has 0 aromatic heterocycles. The molecule has 2 unspecified atom stereocenters. The van der Waals surface area contributed by atoms with E-state index in [1.165, 1.54) is 6.07 Å². The van der Waals surface area contributed by atoms with Crippen molar-refractivity contribution < 1.29 is 9.18 Å². The highest BCUT2D eigenvalue weighted by Crippen LogP contribution is 2.32. The lowest BCUT2D eigenvalue weighted by atomic mass is 9.80. The Morgan fingerprint density at radius 3 is 2.48 bits per heavy atom. The van der Waals surface area contributed by atoms with Crippen LogP contribution in [0.5, 0.6) is 0 Å². The molecule has 21 heavy (non-hydrogen) atoms. The van der Waals surface area contributed by atoms with Crippen molar-refractivity contribution in [1.82, 2.24) is 0 Å². The Morgan fingerprint density at radius 1 is 1.19 bits per heavy atom. The molecule has 0 heterocycles. The summed E-state index contributed by atoms with van der Waals surface area (Å²) in [5.41, 5.74) is 1.09. The zero-order valence-corrected chi connectivity index (χ0v) is 13.7. The molecule has 0 spiro atoms. The van der Waals surface area contributed by atoms with Crippen molar-refractivity contribution >= 4 is 21.7 Å². The van der Waals surface area contributed by atoms with Gasteiger partial charge >= 0.3 is 0 Å². The van der Waals surface area contributed by atoms with Gasteiger partial charge < -0.3 is 0 Å². The van der Waals surface area contributed by atoms with Gasteiger partial charge in [0.1, 0.15) is 5.82 Å². The van der Waals surface area contributed by atoms with E-state index in [4.69, 9.17) is 0 Å². The van der Waals surface area contributed by atoms with Gasteiger partial charge in [-0.25, -0.2) is 4.39 Å². The highest BCUT2D eigenvalue weighted by Gasteiger charge is 2.28. The molecule has 0 radical (unpaired) electrons. The molecule has 1 nitrogen and oxygen atoms in total. The molecule has 3 heteroatoms. The van der Waals surface area contributed by atoms with Crippen molar-refractivity contribution in [3.8, 4) is 0 Å². The van der Waals surface area contributed by atoms with Gasteiger partial charge in [-0.15, -0.1) is 0 Å². The maximum Gasteiger partial charge on any atom is 0.173 e. The molecule has 0 aliphatic heterocycles. The second-order valence-electron chi connectivity index (χ2n) is 5.26. The highest BCUT2D eigenvalue weighted by molar-refractivity contribution is 9.10. The molecule has 0 saturated heterocycles. The number of hydrogen-bond donors (Lipinski definition) is 0. The van der Waals surface area contributed by atoms with E-state index in [2.05, 4.69) is 15.9 Å². The topological polar surface area (TPSA) is 17.1 Å². The van der Waals surface area contributed by atoms with Crippen molar-refractivity contribution in [2.75, 3.05) is 0 Å². The molecule has 0 aliphatic carbocycles. The van der Waals surface area contributed by atoms with Gasteiger partial charge in [-0.05, 0) is 29.7 Å². The molecular formula is C18H18BrFO. The van der Waals surface area contributed by atoms with E-state index in [1.807, 2.05) is 44.2 Å². The number of ketones is 1. The first kappa shape index (κ1) is 15.9. The molecule has 0 bridgehead atoms. The van der Waals surface area contributed by atoms with Gasteiger partial charge in [-0.3, -0.25) is 4.79 Å². The maximum absolute atomic E-state index is 14.0. The molecule has 0 fully saturated rings. The Labute approximate surface area is 133 Å². The van der Waals surface area contributed by atoms with Crippen LogP contribution in [0.25, 0.3) is 0 Å². The number of halogens is 2. The summed E-state index contributed by atoms with van der Waals surface area (Å²) in [5, 5.41) is 0. The largest absolute Gasteiger partial charge is 0.293 e. The average Bonchev–Trinajstić information content (AvgIpc) is 2.50. The van der Waals surface area contributed by atoms with Gasteiger partial charge in [0.15, 0.2) is 5.78 Å². The third-order valence-corrected chi connectivity index (χ3v) is 4.34. The van der Waals surface area contributed by atoms with Crippen molar-refractivity contribution in [2.45, 2.75) is 26.2 Å². The Balaban J connectivity index is 2.46. The standard InChI is InChI=1S/C18H18BrFO/c1-3-12(2)17(13-7-5-4-6-8-13)18(21)15-11-14(19)9-10-16(15)20/h4-12,17H,3H2,1-2H3. The van der Waals surface area contributed by atoms with Gasteiger partial charge in [0.25, 0.3) is 0 Å². The second kappa shape index (κ2) is 6.99. The van der Waals surface area contributed by atoms with Gasteiger partial charge in [0.2, 0.25) is 0 Å². The lowest BCUT2D eigenvalue weighted by molar-refractivity contribution is 0.0928. The van der Waals surface area contributed by atoms with Crippen LogP contribution in [-0.4, -0.2) is 5.78 Å². The van der Waals surface area contributed by atoms with Crippen LogP contribution in [-0.2, 0) is 0 Å². The van der Waals surface area contributed by atoms with Gasteiger partial charge in [-0.1, -0.05) is 66.5 Å². The van der Waals surface area contributed by atoms with E-state index in [1.54, 1.807) is 12.1 Å². The third-order valence-electron chi connectivity index (χ3n) is 3.85. The maximum atomic E-state index is 14.0. The Kier molecular flexibility index (Phi) is 5.29. The van der Waals surface area contributed by atoms with Crippen LogP contribution in [0.1, 0.15) is 42.1 Å². The predicted molar refractivity (Wildman–Crippen MR) is 87.1 cm³/mol. The Bertz CT molecular complexity index is 624. The van der Waals surface area contributed by atoms with E-state index in [9.17, 15) is 9.18 Å². The number of carbonyl (C=O) groups excluding carboxylic acids is 1. The molecule has 2 rings (SSSR count).